The molecule has 0 amide bonds. The standard InChI is InChI=1S/C21H16BNO2/c24-22(25-20-14-6-10-17-11-7-15-23-21(17)20)19-13-5-4-12-18(19)16-8-2-1-3-9-16/h1-15,24H. The molecule has 0 fully saturated rings. The van der Waals surface area contributed by atoms with Gasteiger partial charge in [0.05, 0.1) is 0 Å². The second-order valence-electron chi connectivity index (χ2n) is 5.75. The maximum absolute atomic E-state index is 10.7. The molecule has 0 aliphatic heterocycles. The smallest absolute Gasteiger partial charge is 0.531 e. The van der Waals surface area contributed by atoms with E-state index in [9.17, 15) is 5.02 Å². The molecule has 0 atom stereocenters. The molecular weight excluding hydrogens is 309 g/mol. The van der Waals surface area contributed by atoms with Crippen LogP contribution in [0.4, 0.5) is 0 Å². The van der Waals surface area contributed by atoms with E-state index in [-0.39, 0.29) is 0 Å². The van der Waals surface area contributed by atoms with Gasteiger partial charge in [-0.25, -0.2) is 0 Å². The number of hydrogen-bond acceptors (Lipinski definition) is 3. The minimum atomic E-state index is -1.08. The fourth-order valence-corrected chi connectivity index (χ4v) is 2.95. The van der Waals surface area contributed by atoms with Gasteiger partial charge in [-0.05, 0) is 23.3 Å². The molecular formula is C21H16BNO2. The first-order valence-electron chi connectivity index (χ1n) is 8.16. The summed E-state index contributed by atoms with van der Waals surface area (Å²) >= 11 is 0. The molecule has 0 unspecified atom stereocenters. The Morgan fingerprint density at radius 3 is 2.40 bits per heavy atom. The van der Waals surface area contributed by atoms with Crippen LogP contribution in [0.25, 0.3) is 22.0 Å². The zero-order valence-corrected chi connectivity index (χ0v) is 13.5. The molecule has 0 aliphatic rings. The lowest BCUT2D eigenvalue weighted by Gasteiger charge is -2.15. The lowest BCUT2D eigenvalue weighted by molar-refractivity contribution is 0.435. The molecule has 3 aromatic carbocycles. The second kappa shape index (κ2) is 6.79. The number of benzene rings is 3. The summed E-state index contributed by atoms with van der Waals surface area (Å²) < 4.78 is 5.87. The highest BCUT2D eigenvalue weighted by Crippen LogP contribution is 2.24. The molecule has 0 radical (unpaired) electrons. The molecule has 0 saturated heterocycles. The highest BCUT2D eigenvalue weighted by Gasteiger charge is 2.23. The van der Waals surface area contributed by atoms with Crippen LogP contribution in [0.2, 0.25) is 0 Å². The fraction of sp³-hybridized carbons (Fsp3) is 0. The first-order valence-corrected chi connectivity index (χ1v) is 8.16. The molecule has 0 aliphatic carbocycles. The number of hydrogen-bond donors (Lipinski definition) is 1. The van der Waals surface area contributed by atoms with Crippen LogP contribution in [0.3, 0.4) is 0 Å². The molecule has 0 bridgehead atoms. The van der Waals surface area contributed by atoms with E-state index in [1.807, 2.05) is 84.9 Å². The number of para-hydroxylation sites is 1. The normalized spacial score (nSPS) is 10.6. The van der Waals surface area contributed by atoms with Gasteiger partial charge in [0.1, 0.15) is 11.3 Å². The Balaban J connectivity index is 1.71. The van der Waals surface area contributed by atoms with Crippen molar-refractivity contribution in [1.82, 2.24) is 4.98 Å². The predicted octanol–water partition coefficient (Wildman–Crippen LogP) is 3.67. The van der Waals surface area contributed by atoms with Crippen LogP contribution in [0, 0.1) is 0 Å². The molecule has 4 aromatic rings. The van der Waals surface area contributed by atoms with Crippen LogP contribution < -0.4 is 10.1 Å². The van der Waals surface area contributed by atoms with Crippen molar-refractivity contribution in [3.8, 4) is 16.9 Å². The van der Waals surface area contributed by atoms with Crippen molar-refractivity contribution < 1.29 is 9.68 Å². The van der Waals surface area contributed by atoms with E-state index >= 15 is 0 Å². The fourth-order valence-electron chi connectivity index (χ4n) is 2.95. The van der Waals surface area contributed by atoms with Gasteiger partial charge in [0.25, 0.3) is 0 Å². The Morgan fingerprint density at radius 2 is 1.52 bits per heavy atom. The highest BCUT2D eigenvalue weighted by atomic mass is 16.5. The molecule has 120 valence electrons. The van der Waals surface area contributed by atoms with E-state index in [1.54, 1.807) is 6.20 Å². The molecule has 25 heavy (non-hydrogen) atoms. The Bertz CT molecular complexity index is 999. The third kappa shape index (κ3) is 3.12. The van der Waals surface area contributed by atoms with E-state index in [4.69, 9.17) is 4.65 Å². The first-order chi connectivity index (χ1) is 12.3. The SMILES string of the molecule is OB(Oc1cccc2cccnc12)c1ccccc1-c1ccccc1. The van der Waals surface area contributed by atoms with Crippen LogP contribution in [0.15, 0.2) is 91.1 Å². The van der Waals surface area contributed by atoms with Gasteiger partial charge < -0.3 is 9.68 Å². The zero-order chi connectivity index (χ0) is 17.1. The van der Waals surface area contributed by atoms with Gasteiger partial charge >= 0.3 is 7.12 Å². The van der Waals surface area contributed by atoms with Gasteiger partial charge in [-0.2, -0.15) is 0 Å². The number of rotatable bonds is 4. The summed E-state index contributed by atoms with van der Waals surface area (Å²) in [5, 5.41) is 11.7. The molecule has 0 saturated carbocycles. The molecule has 1 N–H and O–H groups in total. The first kappa shape index (κ1) is 15.4. The van der Waals surface area contributed by atoms with Crippen molar-refractivity contribution in [3.63, 3.8) is 0 Å². The zero-order valence-electron chi connectivity index (χ0n) is 13.5. The quantitative estimate of drug-likeness (QED) is 0.582. The monoisotopic (exact) mass is 325 g/mol. The van der Waals surface area contributed by atoms with Crippen LogP contribution in [0.5, 0.6) is 5.75 Å². The molecule has 0 spiro atoms. The van der Waals surface area contributed by atoms with Gasteiger partial charge in [-0.3, -0.25) is 4.98 Å². The van der Waals surface area contributed by atoms with Crippen LogP contribution in [-0.4, -0.2) is 17.1 Å². The van der Waals surface area contributed by atoms with Crippen molar-refractivity contribution in [2.24, 2.45) is 0 Å². The van der Waals surface area contributed by atoms with Gasteiger partial charge in [-0.1, -0.05) is 72.8 Å². The largest absolute Gasteiger partial charge is 0.560 e. The van der Waals surface area contributed by atoms with E-state index in [0.717, 1.165) is 27.5 Å². The van der Waals surface area contributed by atoms with E-state index in [0.29, 0.717) is 5.75 Å². The summed E-state index contributed by atoms with van der Waals surface area (Å²) in [6, 6.07) is 27.2. The summed E-state index contributed by atoms with van der Waals surface area (Å²) in [7, 11) is -1.08. The maximum Gasteiger partial charge on any atom is 0.560 e. The second-order valence-corrected chi connectivity index (χ2v) is 5.75. The highest BCUT2D eigenvalue weighted by molar-refractivity contribution is 6.62. The van der Waals surface area contributed by atoms with Gasteiger partial charge in [0.15, 0.2) is 0 Å². The van der Waals surface area contributed by atoms with Crippen molar-refractivity contribution in [3.05, 3.63) is 91.1 Å². The summed E-state index contributed by atoms with van der Waals surface area (Å²) in [4.78, 5) is 4.37. The van der Waals surface area contributed by atoms with E-state index in [2.05, 4.69) is 4.98 Å². The topological polar surface area (TPSA) is 42.4 Å². The minimum Gasteiger partial charge on any atom is -0.531 e. The lowest BCUT2D eigenvalue weighted by Crippen LogP contribution is -2.38. The van der Waals surface area contributed by atoms with Gasteiger partial charge in [-0.15, -0.1) is 0 Å². The number of fused-ring (bicyclic) bond motifs is 1. The summed E-state index contributed by atoms with van der Waals surface area (Å²) in [5.41, 5.74) is 3.45. The minimum absolute atomic E-state index is 0.563. The Morgan fingerprint density at radius 1 is 0.760 bits per heavy atom. The molecule has 4 heteroatoms. The predicted molar refractivity (Wildman–Crippen MR) is 102 cm³/mol. The lowest BCUT2D eigenvalue weighted by atomic mass is 9.74. The Kier molecular flexibility index (Phi) is 4.19. The average Bonchev–Trinajstić information content (AvgIpc) is 2.69. The molecule has 4 rings (SSSR count). The van der Waals surface area contributed by atoms with Crippen LogP contribution in [0.1, 0.15) is 0 Å². The number of aromatic nitrogens is 1. The molecule has 3 nitrogen and oxygen atoms in total. The number of nitrogens with zero attached hydrogens (tertiary/aromatic N) is 1. The van der Waals surface area contributed by atoms with Crippen LogP contribution in [-0.2, 0) is 0 Å². The van der Waals surface area contributed by atoms with Crippen molar-refractivity contribution >= 4 is 23.5 Å². The van der Waals surface area contributed by atoms with E-state index < -0.39 is 7.12 Å². The van der Waals surface area contributed by atoms with Crippen molar-refractivity contribution in [2.75, 3.05) is 0 Å². The van der Waals surface area contributed by atoms with Crippen LogP contribution >= 0.6 is 0 Å². The summed E-state index contributed by atoms with van der Waals surface area (Å²) in [6.07, 6.45) is 1.72. The van der Waals surface area contributed by atoms with E-state index in [1.165, 1.54) is 0 Å². The average molecular weight is 325 g/mol. The van der Waals surface area contributed by atoms with Gasteiger partial charge in [0.2, 0.25) is 0 Å². The Labute approximate surface area is 146 Å². The maximum atomic E-state index is 10.7. The molecule has 1 heterocycles. The van der Waals surface area contributed by atoms with Gasteiger partial charge in [0, 0.05) is 17.0 Å². The Hall–Kier alpha value is -3.11. The van der Waals surface area contributed by atoms with Crippen molar-refractivity contribution in [2.45, 2.75) is 0 Å². The van der Waals surface area contributed by atoms with Crippen molar-refractivity contribution in [1.29, 1.82) is 0 Å². The summed E-state index contributed by atoms with van der Waals surface area (Å²) in [6.45, 7) is 0. The number of pyridine rings is 1. The molecule has 1 aromatic heterocycles. The third-order valence-electron chi connectivity index (χ3n) is 4.15. The summed E-state index contributed by atoms with van der Waals surface area (Å²) in [5.74, 6) is 0.563. The third-order valence-corrected chi connectivity index (χ3v) is 4.15.